The molecule has 1 heterocycles. The lowest BCUT2D eigenvalue weighted by atomic mass is 10.2. The molecule has 10 heteroatoms. The largest absolute Gasteiger partial charge is 0.500 e. The normalized spacial score (nSPS) is 12.2. The number of aromatic amines is 1. The van der Waals surface area contributed by atoms with Gasteiger partial charge in [0.1, 0.15) is 5.75 Å². The van der Waals surface area contributed by atoms with Gasteiger partial charge in [0.25, 0.3) is 5.91 Å². The number of nitrogens with zero attached hydrogens (tertiary/aromatic N) is 3. The number of fused-ring (bicyclic) bond motifs is 1. The van der Waals surface area contributed by atoms with Crippen molar-refractivity contribution >= 4 is 34.7 Å². The first-order valence-corrected chi connectivity index (χ1v) is 9.59. The Bertz CT molecular complexity index is 1190. The van der Waals surface area contributed by atoms with Crippen LogP contribution >= 0.6 is 0 Å². The van der Waals surface area contributed by atoms with Gasteiger partial charge in [-0.2, -0.15) is 10.2 Å². The lowest BCUT2D eigenvalue weighted by Crippen LogP contribution is -2.22. The summed E-state index contributed by atoms with van der Waals surface area (Å²) in [7, 11) is 1.52. The van der Waals surface area contributed by atoms with Crippen LogP contribution in [-0.4, -0.2) is 41.9 Å². The van der Waals surface area contributed by atoms with Crippen LogP contribution in [0.2, 0.25) is 0 Å². The van der Waals surface area contributed by atoms with E-state index >= 15 is 0 Å². The Morgan fingerprint density at radius 2 is 1.91 bits per heavy atom. The number of methoxy groups -OCH3 is 1. The molecule has 1 amide bonds. The maximum Gasteiger partial charge on any atom is 0.376 e. The van der Waals surface area contributed by atoms with Gasteiger partial charge in [-0.05, 0) is 37.3 Å². The Labute approximate surface area is 183 Å². The van der Waals surface area contributed by atoms with Gasteiger partial charge in [-0.25, -0.2) is 10.2 Å². The van der Waals surface area contributed by atoms with E-state index < -0.39 is 23.3 Å². The number of aromatic nitrogens is 1. The van der Waals surface area contributed by atoms with Gasteiger partial charge in [-0.3, -0.25) is 4.79 Å². The number of esters is 1. The number of hydrazone groups is 1. The zero-order valence-electron chi connectivity index (χ0n) is 17.4. The van der Waals surface area contributed by atoms with Crippen molar-refractivity contribution < 1.29 is 24.2 Å². The van der Waals surface area contributed by atoms with E-state index in [4.69, 9.17) is 9.47 Å². The molecule has 0 fully saturated rings. The highest BCUT2D eigenvalue weighted by Crippen LogP contribution is 2.20. The van der Waals surface area contributed by atoms with Gasteiger partial charge in [-0.15, -0.1) is 5.11 Å². The molecule has 0 atom stereocenters. The number of benzene rings is 2. The number of nitrogens with one attached hydrogen (secondary N) is 2. The fraction of sp³-hybridized carbons (Fsp3) is 0.136. The quantitative estimate of drug-likeness (QED) is 0.124. The molecule has 2 aromatic carbocycles. The predicted molar refractivity (Wildman–Crippen MR) is 118 cm³/mol. The van der Waals surface area contributed by atoms with Gasteiger partial charge >= 0.3 is 5.97 Å². The molecule has 3 N–H and O–H groups in total. The van der Waals surface area contributed by atoms with Gasteiger partial charge in [0.15, 0.2) is 0 Å². The second-order valence-corrected chi connectivity index (χ2v) is 6.30. The smallest absolute Gasteiger partial charge is 0.376 e. The molecule has 0 bridgehead atoms. The van der Waals surface area contributed by atoms with E-state index in [1.807, 2.05) is 24.3 Å². The molecular weight excluding hydrogens is 414 g/mol. The Balaban J connectivity index is 1.81. The summed E-state index contributed by atoms with van der Waals surface area (Å²) in [6.45, 7) is 1.57. The summed E-state index contributed by atoms with van der Waals surface area (Å²) in [5.74, 6) is -2.42. The number of aliphatic hydroxyl groups excluding tert-OH is 1. The Hall–Kier alpha value is -4.47. The molecule has 0 aliphatic carbocycles. The summed E-state index contributed by atoms with van der Waals surface area (Å²) in [5.41, 5.74) is 3.61. The first-order chi connectivity index (χ1) is 15.5. The van der Waals surface area contributed by atoms with E-state index in [1.54, 1.807) is 37.4 Å². The molecule has 0 aliphatic rings. The van der Waals surface area contributed by atoms with E-state index in [1.165, 1.54) is 13.3 Å². The summed E-state index contributed by atoms with van der Waals surface area (Å²) < 4.78 is 9.81. The van der Waals surface area contributed by atoms with E-state index in [2.05, 4.69) is 25.7 Å². The van der Waals surface area contributed by atoms with Crippen LogP contribution in [0.5, 0.6) is 5.75 Å². The summed E-state index contributed by atoms with van der Waals surface area (Å²) >= 11 is 0. The first-order valence-electron chi connectivity index (χ1n) is 9.59. The van der Waals surface area contributed by atoms with Gasteiger partial charge < -0.3 is 19.6 Å². The minimum Gasteiger partial charge on any atom is -0.500 e. The van der Waals surface area contributed by atoms with Crippen LogP contribution in [0.3, 0.4) is 0 Å². The number of amides is 1. The number of carbonyl (C=O) groups is 2. The third-order valence-electron chi connectivity index (χ3n) is 4.24. The van der Waals surface area contributed by atoms with Crippen molar-refractivity contribution in [1.29, 1.82) is 0 Å². The average Bonchev–Trinajstić information content (AvgIpc) is 3.22. The summed E-state index contributed by atoms with van der Waals surface area (Å²) in [6, 6.07) is 14.1. The SMILES string of the molecule is CCOC(=O)/C(O)=C(/N=Nc1ccc(OC)cc1)C(=O)N/N=C/c1c[nH]c2ccccc12. The number of hydrogen-bond acceptors (Lipinski definition) is 8. The Kier molecular flexibility index (Phi) is 7.31. The maximum absolute atomic E-state index is 12.6. The van der Waals surface area contributed by atoms with Crippen molar-refractivity contribution in [2.75, 3.05) is 13.7 Å². The monoisotopic (exact) mass is 435 g/mol. The average molecular weight is 435 g/mol. The van der Waals surface area contributed by atoms with Crippen molar-refractivity contribution in [1.82, 2.24) is 10.4 Å². The molecule has 0 aliphatic heterocycles. The van der Waals surface area contributed by atoms with Crippen LogP contribution in [-0.2, 0) is 14.3 Å². The van der Waals surface area contributed by atoms with Crippen LogP contribution in [0.25, 0.3) is 10.9 Å². The number of para-hydroxylation sites is 1. The van der Waals surface area contributed by atoms with Crippen LogP contribution in [0, 0.1) is 0 Å². The molecule has 3 aromatic rings. The fourth-order valence-corrected chi connectivity index (χ4v) is 2.67. The lowest BCUT2D eigenvalue weighted by Gasteiger charge is -2.04. The molecule has 0 radical (unpaired) electrons. The first kappa shape index (κ1) is 22.2. The molecule has 32 heavy (non-hydrogen) atoms. The standard InChI is InChI=1S/C22H21N5O5/c1-3-32-22(30)20(28)19(26-25-15-8-10-16(31-2)11-9-15)21(29)27-24-13-14-12-23-18-7-5-4-6-17(14)18/h4-13,23,28H,3H2,1-2H3,(H,27,29)/b20-19-,24-13+,26-25?. The van der Waals surface area contributed by atoms with Crippen molar-refractivity contribution in [3.8, 4) is 5.75 Å². The number of carbonyl (C=O) groups excluding carboxylic acids is 2. The fourth-order valence-electron chi connectivity index (χ4n) is 2.67. The minimum absolute atomic E-state index is 0.00608. The molecule has 3 rings (SSSR count). The second-order valence-electron chi connectivity index (χ2n) is 6.30. The van der Waals surface area contributed by atoms with Crippen molar-refractivity contribution in [2.24, 2.45) is 15.3 Å². The Morgan fingerprint density at radius 3 is 2.62 bits per heavy atom. The number of azo groups is 1. The molecule has 0 spiro atoms. The molecular formula is C22H21N5O5. The van der Waals surface area contributed by atoms with Crippen LogP contribution in [0.15, 0.2) is 81.5 Å². The topological polar surface area (TPSA) is 138 Å². The van der Waals surface area contributed by atoms with Gasteiger partial charge in [-0.1, -0.05) is 18.2 Å². The maximum atomic E-state index is 12.6. The third-order valence-corrected chi connectivity index (χ3v) is 4.24. The summed E-state index contributed by atoms with van der Waals surface area (Å²) in [4.78, 5) is 27.6. The van der Waals surface area contributed by atoms with Crippen LogP contribution in [0.4, 0.5) is 5.69 Å². The molecule has 1 aromatic heterocycles. The van der Waals surface area contributed by atoms with E-state index in [0.717, 1.165) is 16.5 Å². The van der Waals surface area contributed by atoms with E-state index in [0.29, 0.717) is 11.4 Å². The van der Waals surface area contributed by atoms with E-state index in [9.17, 15) is 14.7 Å². The number of aliphatic hydroxyl groups is 1. The number of H-pyrrole nitrogens is 1. The number of ether oxygens (including phenoxy) is 2. The molecule has 0 unspecified atom stereocenters. The summed E-state index contributed by atoms with van der Waals surface area (Å²) in [5, 5.41) is 22.6. The van der Waals surface area contributed by atoms with Crippen LogP contribution < -0.4 is 10.2 Å². The lowest BCUT2D eigenvalue weighted by molar-refractivity contribution is -0.142. The summed E-state index contributed by atoms with van der Waals surface area (Å²) in [6.07, 6.45) is 3.16. The Morgan fingerprint density at radius 1 is 1.16 bits per heavy atom. The molecule has 0 saturated heterocycles. The van der Waals surface area contributed by atoms with Gasteiger partial charge in [0.2, 0.25) is 11.5 Å². The second kappa shape index (κ2) is 10.5. The van der Waals surface area contributed by atoms with Gasteiger partial charge in [0.05, 0.1) is 25.6 Å². The highest BCUT2D eigenvalue weighted by Gasteiger charge is 2.22. The van der Waals surface area contributed by atoms with Crippen molar-refractivity contribution in [3.63, 3.8) is 0 Å². The zero-order valence-corrected chi connectivity index (χ0v) is 17.4. The molecule has 164 valence electrons. The van der Waals surface area contributed by atoms with Crippen molar-refractivity contribution in [2.45, 2.75) is 6.92 Å². The van der Waals surface area contributed by atoms with Gasteiger partial charge in [0, 0.05) is 22.7 Å². The number of rotatable bonds is 8. The third kappa shape index (κ3) is 5.36. The van der Waals surface area contributed by atoms with E-state index in [-0.39, 0.29) is 6.61 Å². The zero-order chi connectivity index (χ0) is 22.9. The highest BCUT2D eigenvalue weighted by molar-refractivity contribution is 6.02. The predicted octanol–water partition coefficient (Wildman–Crippen LogP) is 3.74. The molecule has 10 nitrogen and oxygen atoms in total. The van der Waals surface area contributed by atoms with Crippen LogP contribution in [0.1, 0.15) is 12.5 Å². The number of hydrogen-bond donors (Lipinski definition) is 3. The van der Waals surface area contributed by atoms with Crippen molar-refractivity contribution in [3.05, 3.63) is 71.7 Å². The highest BCUT2D eigenvalue weighted by atomic mass is 16.5. The molecule has 0 saturated carbocycles. The minimum atomic E-state index is -1.10.